The van der Waals surface area contributed by atoms with Crippen LogP contribution in [0.1, 0.15) is 32.1 Å². The molecule has 3 rings (SSSR count). The Labute approximate surface area is 103 Å². The summed E-state index contributed by atoms with van der Waals surface area (Å²) in [6, 6.07) is 0.996. The third-order valence-corrected chi connectivity index (χ3v) is 4.19. The molecule has 0 aromatic heterocycles. The van der Waals surface area contributed by atoms with Gasteiger partial charge in [-0.2, -0.15) is 0 Å². The van der Waals surface area contributed by atoms with Gasteiger partial charge in [-0.05, 0) is 38.6 Å². The van der Waals surface area contributed by atoms with Gasteiger partial charge in [0.05, 0.1) is 5.92 Å². The largest absolute Gasteiger partial charge is 0.381 e. The number of ether oxygens (including phenoxy) is 1. The van der Waals surface area contributed by atoms with Crippen LogP contribution in [-0.2, 0) is 9.53 Å². The van der Waals surface area contributed by atoms with Crippen LogP contribution >= 0.6 is 0 Å². The summed E-state index contributed by atoms with van der Waals surface area (Å²) in [5.41, 5.74) is 0. The van der Waals surface area contributed by atoms with E-state index in [1.54, 1.807) is 0 Å². The summed E-state index contributed by atoms with van der Waals surface area (Å²) in [7, 11) is 0. The number of carbonyl (C=O) groups excluding carboxylic acids is 1. The molecule has 1 saturated carbocycles. The molecule has 0 spiro atoms. The predicted molar refractivity (Wildman–Crippen MR) is 64.7 cm³/mol. The fourth-order valence-electron chi connectivity index (χ4n) is 3.05. The van der Waals surface area contributed by atoms with Crippen LogP contribution in [0.15, 0.2) is 0 Å². The van der Waals surface area contributed by atoms with Gasteiger partial charge in [0.25, 0.3) is 0 Å². The normalized spacial score (nSPS) is 30.5. The third-order valence-electron chi connectivity index (χ3n) is 4.19. The maximum Gasteiger partial charge on any atom is 0.227 e. The van der Waals surface area contributed by atoms with Crippen LogP contribution in [0, 0.1) is 5.92 Å². The number of nitrogens with one attached hydrogen (secondary N) is 1. The van der Waals surface area contributed by atoms with Crippen molar-refractivity contribution in [1.29, 1.82) is 0 Å². The lowest BCUT2D eigenvalue weighted by atomic mass is 10.0. The van der Waals surface area contributed by atoms with Gasteiger partial charge in [0, 0.05) is 31.8 Å². The SMILES string of the molecule is O=C([C@@H]1CCNC1)N(C1CCOCC1)C1CC1. The van der Waals surface area contributed by atoms with Gasteiger partial charge in [0.2, 0.25) is 5.91 Å². The van der Waals surface area contributed by atoms with Crippen LogP contribution in [0.5, 0.6) is 0 Å². The van der Waals surface area contributed by atoms with E-state index in [9.17, 15) is 4.79 Å². The van der Waals surface area contributed by atoms with E-state index in [4.69, 9.17) is 4.74 Å². The smallest absolute Gasteiger partial charge is 0.227 e. The Bertz CT molecular complexity index is 279. The predicted octanol–water partition coefficient (Wildman–Crippen LogP) is 0.766. The molecular formula is C13H22N2O2. The molecular weight excluding hydrogens is 216 g/mol. The molecule has 3 fully saturated rings. The highest BCUT2D eigenvalue weighted by atomic mass is 16.5. The molecule has 17 heavy (non-hydrogen) atoms. The molecule has 3 aliphatic rings. The number of carbonyl (C=O) groups is 1. The van der Waals surface area contributed by atoms with Crippen molar-refractivity contribution < 1.29 is 9.53 Å². The highest BCUT2D eigenvalue weighted by molar-refractivity contribution is 5.80. The number of hydrogen-bond acceptors (Lipinski definition) is 3. The van der Waals surface area contributed by atoms with E-state index in [2.05, 4.69) is 10.2 Å². The lowest BCUT2D eigenvalue weighted by molar-refractivity contribution is -0.140. The van der Waals surface area contributed by atoms with E-state index in [1.807, 2.05) is 0 Å². The van der Waals surface area contributed by atoms with Gasteiger partial charge in [-0.1, -0.05) is 0 Å². The Morgan fingerprint density at radius 3 is 2.35 bits per heavy atom. The summed E-state index contributed by atoms with van der Waals surface area (Å²) >= 11 is 0. The summed E-state index contributed by atoms with van der Waals surface area (Å²) in [4.78, 5) is 14.8. The van der Waals surface area contributed by atoms with Gasteiger partial charge in [0.15, 0.2) is 0 Å². The molecule has 0 aromatic rings. The Balaban J connectivity index is 1.67. The van der Waals surface area contributed by atoms with Crippen molar-refractivity contribution in [2.75, 3.05) is 26.3 Å². The minimum absolute atomic E-state index is 0.235. The molecule has 0 unspecified atom stereocenters. The Morgan fingerprint density at radius 2 is 1.76 bits per heavy atom. The monoisotopic (exact) mass is 238 g/mol. The number of amides is 1. The highest BCUT2D eigenvalue weighted by Gasteiger charge is 2.40. The Hall–Kier alpha value is -0.610. The zero-order chi connectivity index (χ0) is 11.7. The van der Waals surface area contributed by atoms with Gasteiger partial charge < -0.3 is 15.0 Å². The first kappa shape index (κ1) is 11.5. The van der Waals surface area contributed by atoms with E-state index in [-0.39, 0.29) is 5.92 Å². The molecule has 1 N–H and O–H groups in total. The summed E-state index contributed by atoms with van der Waals surface area (Å²) in [5, 5.41) is 3.30. The van der Waals surface area contributed by atoms with Gasteiger partial charge >= 0.3 is 0 Å². The molecule has 4 heteroatoms. The van der Waals surface area contributed by atoms with Crippen molar-refractivity contribution in [1.82, 2.24) is 10.2 Å². The average Bonchev–Trinajstić information content (AvgIpc) is 3.04. The second-order valence-corrected chi connectivity index (χ2v) is 5.51. The molecule has 0 radical (unpaired) electrons. The van der Waals surface area contributed by atoms with Crippen LogP contribution in [0.2, 0.25) is 0 Å². The molecule has 1 atom stereocenters. The van der Waals surface area contributed by atoms with Crippen molar-refractivity contribution in [2.45, 2.75) is 44.2 Å². The first-order chi connectivity index (χ1) is 8.36. The van der Waals surface area contributed by atoms with E-state index in [0.29, 0.717) is 18.0 Å². The van der Waals surface area contributed by atoms with E-state index in [1.165, 1.54) is 12.8 Å². The molecule has 1 amide bonds. The first-order valence-corrected chi connectivity index (χ1v) is 6.97. The van der Waals surface area contributed by atoms with Crippen LogP contribution in [0.4, 0.5) is 0 Å². The van der Waals surface area contributed by atoms with Gasteiger partial charge in [-0.15, -0.1) is 0 Å². The second-order valence-electron chi connectivity index (χ2n) is 5.51. The van der Waals surface area contributed by atoms with E-state index in [0.717, 1.165) is 45.6 Å². The molecule has 2 saturated heterocycles. The van der Waals surface area contributed by atoms with Crippen molar-refractivity contribution in [2.24, 2.45) is 5.92 Å². The van der Waals surface area contributed by atoms with Gasteiger partial charge in [-0.25, -0.2) is 0 Å². The fourth-order valence-corrected chi connectivity index (χ4v) is 3.05. The lowest BCUT2D eigenvalue weighted by Gasteiger charge is -2.36. The molecule has 2 heterocycles. The number of rotatable bonds is 3. The first-order valence-electron chi connectivity index (χ1n) is 6.97. The zero-order valence-electron chi connectivity index (χ0n) is 10.4. The Morgan fingerprint density at radius 1 is 1.06 bits per heavy atom. The summed E-state index contributed by atoms with van der Waals surface area (Å²) in [6.07, 6.45) is 5.50. The van der Waals surface area contributed by atoms with Gasteiger partial charge in [-0.3, -0.25) is 4.79 Å². The van der Waals surface area contributed by atoms with Gasteiger partial charge in [0.1, 0.15) is 0 Å². The molecule has 4 nitrogen and oxygen atoms in total. The number of nitrogens with zero attached hydrogens (tertiary/aromatic N) is 1. The van der Waals surface area contributed by atoms with Crippen molar-refractivity contribution in [3.63, 3.8) is 0 Å². The van der Waals surface area contributed by atoms with Crippen LogP contribution in [0.25, 0.3) is 0 Å². The number of hydrogen-bond donors (Lipinski definition) is 1. The molecule has 2 aliphatic heterocycles. The van der Waals surface area contributed by atoms with Crippen LogP contribution in [-0.4, -0.2) is 49.2 Å². The maximum absolute atomic E-state index is 12.6. The molecule has 96 valence electrons. The molecule has 1 aliphatic carbocycles. The topological polar surface area (TPSA) is 41.6 Å². The van der Waals surface area contributed by atoms with Crippen LogP contribution in [0.3, 0.4) is 0 Å². The summed E-state index contributed by atoms with van der Waals surface area (Å²) in [6.45, 7) is 3.53. The van der Waals surface area contributed by atoms with Crippen LogP contribution < -0.4 is 5.32 Å². The Kier molecular flexibility index (Phi) is 3.34. The molecule has 0 aromatic carbocycles. The fraction of sp³-hybridized carbons (Fsp3) is 0.923. The lowest BCUT2D eigenvalue weighted by Crippen LogP contribution is -2.47. The maximum atomic E-state index is 12.6. The minimum Gasteiger partial charge on any atom is -0.381 e. The highest BCUT2D eigenvalue weighted by Crippen LogP contribution is 2.33. The third kappa shape index (κ3) is 2.47. The zero-order valence-corrected chi connectivity index (χ0v) is 10.4. The summed E-state index contributed by atoms with van der Waals surface area (Å²) in [5.74, 6) is 0.642. The van der Waals surface area contributed by atoms with E-state index < -0.39 is 0 Å². The quantitative estimate of drug-likeness (QED) is 0.789. The second kappa shape index (κ2) is 4.94. The van der Waals surface area contributed by atoms with Crippen molar-refractivity contribution in [3.05, 3.63) is 0 Å². The molecule has 0 bridgehead atoms. The van der Waals surface area contributed by atoms with Crippen molar-refractivity contribution in [3.8, 4) is 0 Å². The van der Waals surface area contributed by atoms with Crippen molar-refractivity contribution >= 4 is 5.91 Å². The summed E-state index contributed by atoms with van der Waals surface area (Å²) < 4.78 is 5.40. The minimum atomic E-state index is 0.235. The standard InChI is InChI=1S/C13H22N2O2/c16-13(10-3-6-14-9-10)15(11-1-2-11)12-4-7-17-8-5-12/h10-12,14H,1-9H2/t10-/m1/s1. The van der Waals surface area contributed by atoms with E-state index >= 15 is 0 Å². The average molecular weight is 238 g/mol.